The zero-order chi connectivity index (χ0) is 17.2. The number of hydrogen-bond donors (Lipinski definition) is 2. The molecule has 0 radical (unpaired) electrons. The topological polar surface area (TPSA) is 57.5 Å². The summed E-state index contributed by atoms with van der Waals surface area (Å²) < 4.78 is 2.20. The average Bonchev–Trinajstić information content (AvgIpc) is 3.00. The predicted molar refractivity (Wildman–Crippen MR) is 100 cm³/mol. The lowest BCUT2D eigenvalue weighted by molar-refractivity contribution is 0.225. The molecular weight excluding hydrogens is 300 g/mol. The molecule has 1 fully saturated rings. The van der Waals surface area contributed by atoms with Crippen molar-refractivity contribution in [2.75, 3.05) is 33.2 Å². The van der Waals surface area contributed by atoms with E-state index in [9.17, 15) is 0 Å². The fourth-order valence-electron chi connectivity index (χ4n) is 3.08. The number of aryl methyl sites for hydroxylation is 2. The Morgan fingerprint density at radius 2 is 2.21 bits per heavy atom. The molecule has 0 atom stereocenters. The predicted octanol–water partition coefficient (Wildman–Crippen LogP) is 1.79. The van der Waals surface area contributed by atoms with E-state index in [1.165, 1.54) is 0 Å². The number of nitrogens with zero attached hydrogens (tertiary/aromatic N) is 4. The van der Waals surface area contributed by atoms with Gasteiger partial charge in [0.05, 0.1) is 0 Å². The number of hydrogen-bond acceptors (Lipinski definition) is 3. The maximum atomic E-state index is 4.35. The molecule has 0 saturated carbocycles. The molecule has 0 bridgehead atoms. The van der Waals surface area contributed by atoms with E-state index in [2.05, 4.69) is 36.7 Å². The average molecular weight is 332 g/mol. The van der Waals surface area contributed by atoms with Crippen molar-refractivity contribution in [1.29, 1.82) is 0 Å². The highest BCUT2D eigenvalue weighted by Gasteiger charge is 2.18. The number of imidazole rings is 1. The van der Waals surface area contributed by atoms with Crippen LogP contribution >= 0.6 is 0 Å². The molecule has 0 aromatic carbocycles. The van der Waals surface area contributed by atoms with Gasteiger partial charge in [-0.15, -0.1) is 6.58 Å². The molecule has 0 spiro atoms. The van der Waals surface area contributed by atoms with E-state index in [1.54, 1.807) is 0 Å². The third-order valence-electron chi connectivity index (χ3n) is 4.58. The highest BCUT2D eigenvalue weighted by atomic mass is 15.2. The van der Waals surface area contributed by atoms with E-state index in [4.69, 9.17) is 0 Å². The van der Waals surface area contributed by atoms with Crippen LogP contribution in [0.4, 0.5) is 0 Å². The van der Waals surface area contributed by atoms with Crippen LogP contribution < -0.4 is 10.6 Å². The molecule has 2 N–H and O–H groups in total. The Morgan fingerprint density at radius 3 is 2.83 bits per heavy atom. The first kappa shape index (κ1) is 18.5. The smallest absolute Gasteiger partial charge is 0.191 e. The highest BCUT2D eigenvalue weighted by molar-refractivity contribution is 5.79. The van der Waals surface area contributed by atoms with E-state index >= 15 is 0 Å². The van der Waals surface area contributed by atoms with Crippen LogP contribution in [-0.4, -0.2) is 59.7 Å². The molecular formula is C18H32N6. The van der Waals surface area contributed by atoms with Gasteiger partial charge in [0.25, 0.3) is 0 Å². The zero-order valence-electron chi connectivity index (χ0n) is 15.2. The summed E-state index contributed by atoms with van der Waals surface area (Å²) in [6.07, 6.45) is 10.5. The van der Waals surface area contributed by atoms with Gasteiger partial charge in [-0.3, -0.25) is 9.89 Å². The number of piperidine rings is 1. The first-order valence-corrected chi connectivity index (χ1v) is 9.01. The number of unbranched alkanes of at least 4 members (excludes halogenated alkanes) is 1. The fraction of sp³-hybridized carbons (Fsp3) is 0.667. The monoisotopic (exact) mass is 332 g/mol. The Labute approximate surface area is 146 Å². The third-order valence-corrected chi connectivity index (χ3v) is 4.58. The van der Waals surface area contributed by atoms with Crippen molar-refractivity contribution >= 4 is 5.96 Å². The molecule has 1 aliphatic rings. The summed E-state index contributed by atoms with van der Waals surface area (Å²) in [5, 5.41) is 6.99. The largest absolute Gasteiger partial charge is 0.356 e. The Kier molecular flexibility index (Phi) is 7.82. The van der Waals surface area contributed by atoms with Gasteiger partial charge in [-0.1, -0.05) is 6.08 Å². The molecule has 2 rings (SSSR count). The first-order chi connectivity index (χ1) is 11.7. The molecule has 134 valence electrons. The Balaban J connectivity index is 1.59. The van der Waals surface area contributed by atoms with Crippen LogP contribution in [-0.2, 0) is 6.54 Å². The van der Waals surface area contributed by atoms with Crippen LogP contribution in [0.15, 0.2) is 30.0 Å². The second-order valence-electron chi connectivity index (χ2n) is 6.38. The summed E-state index contributed by atoms with van der Waals surface area (Å²) in [7, 11) is 1.84. The molecule has 1 saturated heterocycles. The standard InChI is InChI=1S/C18H32N6/c1-4-11-23-13-7-17(8-14-23)22-18(19-3)21-9-5-6-12-24-15-10-20-16(24)2/h4,10,15,17H,1,5-9,11-14H2,2-3H3,(H2,19,21,22). The lowest BCUT2D eigenvalue weighted by Crippen LogP contribution is -2.48. The van der Waals surface area contributed by atoms with Gasteiger partial charge in [-0.05, 0) is 32.6 Å². The Hall–Kier alpha value is -1.82. The molecule has 6 heteroatoms. The molecule has 24 heavy (non-hydrogen) atoms. The molecule has 6 nitrogen and oxygen atoms in total. The number of aliphatic imine (C=N–C) groups is 1. The summed E-state index contributed by atoms with van der Waals surface area (Å²) in [4.78, 5) is 11.0. The third kappa shape index (κ3) is 6.00. The Bertz CT molecular complexity index is 513. The maximum absolute atomic E-state index is 4.35. The SMILES string of the molecule is C=CCN1CCC(NC(=NC)NCCCCn2ccnc2C)CC1. The molecule has 1 aliphatic heterocycles. The quantitative estimate of drug-likeness (QED) is 0.330. The van der Waals surface area contributed by atoms with Crippen molar-refractivity contribution in [2.24, 2.45) is 4.99 Å². The maximum Gasteiger partial charge on any atom is 0.191 e. The molecule has 1 aromatic rings. The summed E-state index contributed by atoms with van der Waals surface area (Å²) in [6.45, 7) is 11.1. The minimum atomic E-state index is 0.519. The van der Waals surface area contributed by atoms with Crippen molar-refractivity contribution in [3.8, 4) is 0 Å². The summed E-state index contributed by atoms with van der Waals surface area (Å²) in [5.41, 5.74) is 0. The normalized spacial score (nSPS) is 17.0. The van der Waals surface area contributed by atoms with Crippen molar-refractivity contribution in [3.63, 3.8) is 0 Å². The lowest BCUT2D eigenvalue weighted by atomic mass is 10.1. The molecule has 0 amide bonds. The second kappa shape index (κ2) is 10.1. The number of aromatic nitrogens is 2. The van der Waals surface area contributed by atoms with Crippen LogP contribution in [0.3, 0.4) is 0 Å². The number of rotatable bonds is 8. The van der Waals surface area contributed by atoms with Crippen LogP contribution in [0, 0.1) is 6.92 Å². The van der Waals surface area contributed by atoms with Crippen LogP contribution in [0.5, 0.6) is 0 Å². The minimum absolute atomic E-state index is 0.519. The minimum Gasteiger partial charge on any atom is -0.356 e. The van der Waals surface area contributed by atoms with Gasteiger partial charge in [0, 0.05) is 58.2 Å². The van der Waals surface area contributed by atoms with Gasteiger partial charge in [0.1, 0.15) is 5.82 Å². The van der Waals surface area contributed by atoms with E-state index in [0.717, 1.165) is 70.2 Å². The Morgan fingerprint density at radius 1 is 1.42 bits per heavy atom. The van der Waals surface area contributed by atoms with Crippen molar-refractivity contribution in [3.05, 3.63) is 30.9 Å². The zero-order valence-corrected chi connectivity index (χ0v) is 15.2. The van der Waals surface area contributed by atoms with Crippen molar-refractivity contribution in [1.82, 2.24) is 25.1 Å². The van der Waals surface area contributed by atoms with Crippen molar-refractivity contribution < 1.29 is 0 Å². The second-order valence-corrected chi connectivity index (χ2v) is 6.38. The molecule has 2 heterocycles. The van der Waals surface area contributed by atoms with Crippen LogP contribution in [0.25, 0.3) is 0 Å². The highest BCUT2D eigenvalue weighted by Crippen LogP contribution is 2.09. The van der Waals surface area contributed by atoms with Gasteiger partial charge in [-0.2, -0.15) is 0 Å². The van der Waals surface area contributed by atoms with Gasteiger partial charge in [0.15, 0.2) is 5.96 Å². The van der Waals surface area contributed by atoms with E-state index in [1.807, 2.05) is 32.4 Å². The number of nitrogens with one attached hydrogen (secondary N) is 2. The summed E-state index contributed by atoms with van der Waals surface area (Å²) in [6, 6.07) is 0.519. The number of likely N-dealkylation sites (tertiary alicyclic amines) is 1. The molecule has 0 unspecified atom stereocenters. The van der Waals surface area contributed by atoms with E-state index in [0.29, 0.717) is 6.04 Å². The molecule has 1 aromatic heterocycles. The van der Waals surface area contributed by atoms with Gasteiger partial charge < -0.3 is 15.2 Å². The lowest BCUT2D eigenvalue weighted by Gasteiger charge is -2.32. The summed E-state index contributed by atoms with van der Waals surface area (Å²) in [5.74, 6) is 2.01. The first-order valence-electron chi connectivity index (χ1n) is 9.01. The van der Waals surface area contributed by atoms with E-state index in [-0.39, 0.29) is 0 Å². The fourth-order valence-corrected chi connectivity index (χ4v) is 3.08. The van der Waals surface area contributed by atoms with Gasteiger partial charge in [-0.25, -0.2) is 4.98 Å². The van der Waals surface area contributed by atoms with Crippen LogP contribution in [0.2, 0.25) is 0 Å². The van der Waals surface area contributed by atoms with Crippen molar-refractivity contribution in [2.45, 2.75) is 45.2 Å². The number of guanidine groups is 1. The van der Waals surface area contributed by atoms with Gasteiger partial charge in [0.2, 0.25) is 0 Å². The molecule has 0 aliphatic carbocycles. The summed E-state index contributed by atoms with van der Waals surface area (Å²) >= 11 is 0. The van der Waals surface area contributed by atoms with E-state index < -0.39 is 0 Å². The van der Waals surface area contributed by atoms with Crippen LogP contribution in [0.1, 0.15) is 31.5 Å². The van der Waals surface area contributed by atoms with Gasteiger partial charge >= 0.3 is 0 Å².